The molecule has 0 radical (unpaired) electrons. The Labute approximate surface area is 291 Å². The van der Waals surface area contributed by atoms with Crippen molar-refractivity contribution in [1.82, 2.24) is 10.6 Å². The first kappa shape index (κ1) is 30.4. The maximum Gasteiger partial charge on any atom is 0.153 e. The van der Waals surface area contributed by atoms with Gasteiger partial charge in [0.05, 0.1) is 11.8 Å². The van der Waals surface area contributed by atoms with E-state index in [-0.39, 0.29) is 0 Å². The van der Waals surface area contributed by atoms with Crippen molar-refractivity contribution >= 4 is 33.8 Å². The molecule has 0 saturated heterocycles. The Kier molecular flexibility index (Phi) is 7.49. The lowest BCUT2D eigenvalue weighted by atomic mass is 9.64. The second-order valence-electron chi connectivity index (χ2n) is 15.4. The van der Waals surface area contributed by atoms with Crippen molar-refractivity contribution in [2.75, 3.05) is 0 Å². The molecule has 7 atom stereocenters. The molecule has 4 aliphatic carbocycles. The van der Waals surface area contributed by atoms with Crippen molar-refractivity contribution in [3.63, 3.8) is 0 Å². The maximum absolute atomic E-state index is 5.70. The fourth-order valence-corrected chi connectivity index (χ4v) is 9.72. The number of benzene rings is 3. The van der Waals surface area contributed by atoms with Crippen LogP contribution in [-0.4, -0.2) is 17.4 Å². The molecule has 1 saturated carbocycles. The minimum absolute atomic E-state index is 0.313. The Morgan fingerprint density at radius 1 is 0.878 bits per heavy atom. The van der Waals surface area contributed by atoms with Crippen LogP contribution < -0.4 is 10.6 Å². The fraction of sp³-hybridized carbons (Fsp3) is 0.326. The van der Waals surface area contributed by atoms with Crippen molar-refractivity contribution in [1.29, 1.82) is 0 Å². The second-order valence-corrected chi connectivity index (χ2v) is 15.4. The van der Waals surface area contributed by atoms with E-state index in [9.17, 15) is 0 Å². The molecular formula is C46H47N3. The van der Waals surface area contributed by atoms with Gasteiger partial charge in [-0.3, -0.25) is 4.99 Å². The van der Waals surface area contributed by atoms with Gasteiger partial charge in [0.1, 0.15) is 0 Å². The lowest BCUT2D eigenvalue weighted by Crippen LogP contribution is -2.45. The van der Waals surface area contributed by atoms with Crippen LogP contribution in [-0.2, 0) is 0 Å². The first-order valence-electron chi connectivity index (χ1n) is 18.6. The summed E-state index contributed by atoms with van der Waals surface area (Å²) >= 11 is 0. The molecule has 0 amide bonds. The van der Waals surface area contributed by atoms with Gasteiger partial charge < -0.3 is 10.6 Å². The highest BCUT2D eigenvalue weighted by molar-refractivity contribution is 6.32. The van der Waals surface area contributed by atoms with Crippen LogP contribution in [0.5, 0.6) is 0 Å². The third kappa shape index (κ3) is 5.21. The molecule has 0 bridgehead atoms. The highest BCUT2D eigenvalue weighted by atomic mass is 15.2. The van der Waals surface area contributed by atoms with Crippen LogP contribution in [0.2, 0.25) is 0 Å². The Morgan fingerprint density at radius 2 is 1.76 bits per heavy atom. The van der Waals surface area contributed by atoms with E-state index in [4.69, 9.17) is 4.99 Å². The first-order chi connectivity index (χ1) is 24.0. The summed E-state index contributed by atoms with van der Waals surface area (Å²) in [7, 11) is 0. The van der Waals surface area contributed by atoms with Gasteiger partial charge in [0.25, 0.3) is 0 Å². The molecule has 3 aromatic carbocycles. The quantitative estimate of drug-likeness (QED) is 0.297. The predicted octanol–water partition coefficient (Wildman–Crippen LogP) is 10.6. The molecule has 1 fully saturated rings. The molecule has 2 aliphatic heterocycles. The number of nitrogens with zero attached hydrogens (tertiary/aromatic N) is 1. The molecule has 246 valence electrons. The minimum Gasteiger partial charge on any atom is -0.384 e. The SMILES string of the molecule is CC1CC=Cc2c(C3=CC(C4=CC5CCCC(C)C5c5ccccc54)=NC(C)(C4=CCC(C5C=CC=CN5)C=C4)N3)cc3ccccc3c21. The van der Waals surface area contributed by atoms with Gasteiger partial charge in [0.15, 0.2) is 5.66 Å². The van der Waals surface area contributed by atoms with E-state index in [0.29, 0.717) is 35.6 Å². The molecule has 7 unspecified atom stereocenters. The lowest BCUT2D eigenvalue weighted by molar-refractivity contribution is 0.269. The van der Waals surface area contributed by atoms with Gasteiger partial charge in [0.2, 0.25) is 0 Å². The average Bonchev–Trinajstić information content (AvgIpc) is 3.14. The number of hydrogen-bond acceptors (Lipinski definition) is 3. The highest BCUT2D eigenvalue weighted by Crippen LogP contribution is 2.50. The van der Waals surface area contributed by atoms with Crippen LogP contribution in [0.4, 0.5) is 0 Å². The number of rotatable bonds is 4. The minimum atomic E-state index is -0.619. The highest BCUT2D eigenvalue weighted by Gasteiger charge is 2.39. The van der Waals surface area contributed by atoms with Gasteiger partial charge in [-0.1, -0.05) is 124 Å². The van der Waals surface area contributed by atoms with Crippen LogP contribution in [0.1, 0.15) is 92.5 Å². The van der Waals surface area contributed by atoms with Crippen LogP contribution in [0.3, 0.4) is 0 Å². The number of nitrogens with one attached hydrogen (secondary N) is 2. The van der Waals surface area contributed by atoms with Gasteiger partial charge in [-0.05, 0) is 113 Å². The largest absolute Gasteiger partial charge is 0.384 e. The van der Waals surface area contributed by atoms with Crippen molar-refractivity contribution in [2.24, 2.45) is 22.7 Å². The summed E-state index contributed by atoms with van der Waals surface area (Å²) in [6, 6.07) is 20.9. The molecule has 49 heavy (non-hydrogen) atoms. The molecule has 2 heterocycles. The monoisotopic (exact) mass is 641 g/mol. The molecule has 2 N–H and O–H groups in total. The van der Waals surface area contributed by atoms with Crippen molar-refractivity contribution in [2.45, 2.75) is 76.4 Å². The molecule has 3 aromatic rings. The van der Waals surface area contributed by atoms with Gasteiger partial charge in [-0.25, -0.2) is 0 Å². The Balaban J connectivity index is 1.20. The van der Waals surface area contributed by atoms with Gasteiger partial charge in [-0.2, -0.15) is 0 Å². The molecule has 0 spiro atoms. The van der Waals surface area contributed by atoms with Crippen LogP contribution in [0, 0.1) is 17.8 Å². The van der Waals surface area contributed by atoms with E-state index in [2.05, 4.69) is 153 Å². The molecule has 3 nitrogen and oxygen atoms in total. The summed E-state index contributed by atoms with van der Waals surface area (Å²) < 4.78 is 0. The zero-order chi connectivity index (χ0) is 33.1. The van der Waals surface area contributed by atoms with E-state index < -0.39 is 5.66 Å². The van der Waals surface area contributed by atoms with E-state index in [1.165, 1.54) is 69.0 Å². The standard InChI is InChI=1S/C46H47N3/c1-29-12-10-15-33-27-39(36-17-6-7-18-37(36)44(29)33)42-28-43(40-26-32-14-4-5-16-35(32)45-30(2)13-11-19-38(40)45)49-46(3,48-42)34-23-21-31(22-24-34)41-20-8-9-25-47-41/h4-9,11,14,16-21,23-31,33,41,44,47,49H,10,12-13,15,22H2,1-3H3. The molecule has 0 aromatic heterocycles. The summed E-state index contributed by atoms with van der Waals surface area (Å²) in [5.74, 6) is 2.70. The number of allylic oxidation sites excluding steroid dienone is 7. The fourth-order valence-electron chi connectivity index (χ4n) is 9.72. The number of aliphatic imine (C=N–C) groups is 1. The molecule has 9 rings (SSSR count). The topological polar surface area (TPSA) is 36.4 Å². The second kappa shape index (κ2) is 12.1. The van der Waals surface area contributed by atoms with Gasteiger partial charge in [0, 0.05) is 22.8 Å². The third-order valence-corrected chi connectivity index (χ3v) is 12.2. The van der Waals surface area contributed by atoms with E-state index in [0.717, 1.165) is 24.3 Å². The number of dihydropyridines is 1. The number of hydrogen-bond donors (Lipinski definition) is 2. The van der Waals surface area contributed by atoms with Crippen molar-refractivity contribution in [3.8, 4) is 0 Å². The average molecular weight is 642 g/mol. The summed E-state index contributed by atoms with van der Waals surface area (Å²) in [6.45, 7) is 7.12. The number of fused-ring (bicyclic) bond motifs is 6. The van der Waals surface area contributed by atoms with E-state index in [1.807, 2.05) is 0 Å². The smallest absolute Gasteiger partial charge is 0.153 e. The Bertz CT molecular complexity index is 2080. The van der Waals surface area contributed by atoms with Crippen LogP contribution >= 0.6 is 0 Å². The van der Waals surface area contributed by atoms with E-state index >= 15 is 0 Å². The summed E-state index contributed by atoms with van der Waals surface area (Å²) in [4.78, 5) is 5.70. The molecular weight excluding hydrogens is 595 g/mol. The normalized spacial score (nSPS) is 31.3. The summed E-state index contributed by atoms with van der Waals surface area (Å²) in [6.07, 6.45) is 31.3. The van der Waals surface area contributed by atoms with E-state index in [1.54, 1.807) is 0 Å². The molecule has 3 heteroatoms. The maximum atomic E-state index is 5.70. The van der Waals surface area contributed by atoms with Crippen molar-refractivity contribution in [3.05, 3.63) is 149 Å². The summed E-state index contributed by atoms with van der Waals surface area (Å²) in [5.41, 5.74) is 11.1. The van der Waals surface area contributed by atoms with Crippen LogP contribution in [0.15, 0.2) is 126 Å². The predicted molar refractivity (Wildman–Crippen MR) is 207 cm³/mol. The van der Waals surface area contributed by atoms with Gasteiger partial charge in [-0.15, -0.1) is 0 Å². The summed E-state index contributed by atoms with van der Waals surface area (Å²) in [5, 5.41) is 10.3. The lowest BCUT2D eigenvalue weighted by Gasteiger charge is -2.42. The zero-order valence-corrected chi connectivity index (χ0v) is 29.0. The first-order valence-corrected chi connectivity index (χ1v) is 18.6. The Morgan fingerprint density at radius 3 is 2.61 bits per heavy atom. The van der Waals surface area contributed by atoms with Crippen molar-refractivity contribution < 1.29 is 0 Å². The van der Waals surface area contributed by atoms with Gasteiger partial charge >= 0.3 is 0 Å². The molecule has 6 aliphatic rings. The van der Waals surface area contributed by atoms with Crippen LogP contribution in [0.25, 0.3) is 28.1 Å². The third-order valence-electron chi connectivity index (χ3n) is 12.2. The Hall–Kier alpha value is -4.63. The zero-order valence-electron chi connectivity index (χ0n) is 29.0.